The second-order valence-corrected chi connectivity index (χ2v) is 9.88. The molecule has 2 N–H and O–H groups in total. The van der Waals surface area contributed by atoms with Crippen molar-refractivity contribution in [2.75, 3.05) is 11.9 Å². The maximum Gasteiger partial charge on any atom is 0.303 e. The molecule has 0 aliphatic rings. The Morgan fingerprint density at radius 2 is 1.68 bits per heavy atom. The Hall–Kier alpha value is -3.87. The minimum atomic E-state index is -0.956. The number of anilines is 1. The van der Waals surface area contributed by atoms with Gasteiger partial charge in [-0.1, -0.05) is 44.2 Å². The molecular weight excluding hydrogens is 485 g/mol. The van der Waals surface area contributed by atoms with Crippen LogP contribution in [0.3, 0.4) is 0 Å². The molecule has 0 saturated carbocycles. The smallest absolute Gasteiger partial charge is 0.303 e. The van der Waals surface area contributed by atoms with E-state index in [1.165, 1.54) is 17.7 Å². The summed E-state index contributed by atoms with van der Waals surface area (Å²) >= 11 is 0. The van der Waals surface area contributed by atoms with Gasteiger partial charge in [-0.05, 0) is 86.1 Å². The molecule has 0 aliphatic heterocycles. The van der Waals surface area contributed by atoms with Gasteiger partial charge in [0.15, 0.2) is 11.6 Å². The predicted octanol–water partition coefficient (Wildman–Crippen LogP) is 7.28. The van der Waals surface area contributed by atoms with E-state index in [0.29, 0.717) is 17.2 Å². The third-order valence-corrected chi connectivity index (χ3v) is 6.38. The van der Waals surface area contributed by atoms with Gasteiger partial charge in [0.05, 0.1) is 12.3 Å². The lowest BCUT2D eigenvalue weighted by molar-refractivity contribution is -0.137. The fraction of sp³-hybridized carbons (Fsp3) is 0.355. The molecule has 202 valence electrons. The first-order valence-corrected chi connectivity index (χ1v) is 12.9. The van der Waals surface area contributed by atoms with Gasteiger partial charge < -0.3 is 19.9 Å². The van der Waals surface area contributed by atoms with Crippen LogP contribution in [0.15, 0.2) is 54.6 Å². The molecule has 1 atom stereocenters. The fourth-order valence-electron chi connectivity index (χ4n) is 4.17. The Balaban J connectivity index is 1.72. The minimum absolute atomic E-state index is 0.0128. The van der Waals surface area contributed by atoms with Crippen LogP contribution in [0.5, 0.6) is 11.5 Å². The standard InChI is InChI=1S/C31H36FNO5/c1-19(2)18-23-11-13-24(14-12-23)22(5)38-28-16-15-25(20(3)21(28)4)31(36)33-27-9-6-8-26(32)30(27)37-17-7-10-29(34)35/h6,8-9,11-16,19,22H,7,10,17-18H2,1-5H3,(H,33,36)(H,34,35)/t22-/m0/s1. The zero-order chi connectivity index (χ0) is 27.8. The number of nitrogens with one attached hydrogen (secondary N) is 1. The van der Waals surface area contributed by atoms with Crippen molar-refractivity contribution >= 4 is 17.6 Å². The van der Waals surface area contributed by atoms with Crippen molar-refractivity contribution in [2.24, 2.45) is 5.92 Å². The maximum absolute atomic E-state index is 14.4. The summed E-state index contributed by atoms with van der Waals surface area (Å²) in [7, 11) is 0. The van der Waals surface area contributed by atoms with Crippen LogP contribution in [0.4, 0.5) is 10.1 Å². The third-order valence-electron chi connectivity index (χ3n) is 6.38. The molecule has 3 aromatic rings. The number of rotatable bonds is 12. The molecule has 0 bridgehead atoms. The molecule has 0 aliphatic carbocycles. The van der Waals surface area contributed by atoms with Crippen LogP contribution >= 0.6 is 0 Å². The number of carbonyl (C=O) groups excluding carboxylic acids is 1. The van der Waals surface area contributed by atoms with Crippen LogP contribution < -0.4 is 14.8 Å². The normalized spacial score (nSPS) is 11.8. The van der Waals surface area contributed by atoms with Crippen molar-refractivity contribution in [3.05, 3.63) is 88.2 Å². The highest BCUT2D eigenvalue weighted by Crippen LogP contribution is 2.32. The average molecular weight is 522 g/mol. The highest BCUT2D eigenvalue weighted by atomic mass is 19.1. The lowest BCUT2D eigenvalue weighted by Crippen LogP contribution is -2.16. The van der Waals surface area contributed by atoms with Gasteiger partial charge in [0.25, 0.3) is 5.91 Å². The summed E-state index contributed by atoms with van der Waals surface area (Å²) in [6.45, 7) is 10.2. The van der Waals surface area contributed by atoms with E-state index in [4.69, 9.17) is 14.6 Å². The summed E-state index contributed by atoms with van der Waals surface area (Å²) in [5.41, 5.74) is 4.56. The second kappa shape index (κ2) is 13.1. The minimum Gasteiger partial charge on any atom is -0.488 e. The fourth-order valence-corrected chi connectivity index (χ4v) is 4.17. The van der Waals surface area contributed by atoms with E-state index < -0.39 is 17.7 Å². The molecule has 6 nitrogen and oxygen atoms in total. The van der Waals surface area contributed by atoms with Crippen molar-refractivity contribution in [3.63, 3.8) is 0 Å². The van der Waals surface area contributed by atoms with E-state index in [1.807, 2.05) is 20.8 Å². The molecule has 1 amide bonds. The van der Waals surface area contributed by atoms with Crippen LogP contribution in [-0.4, -0.2) is 23.6 Å². The van der Waals surface area contributed by atoms with E-state index >= 15 is 0 Å². The Bertz CT molecular complexity index is 1270. The third kappa shape index (κ3) is 7.57. The van der Waals surface area contributed by atoms with Crippen molar-refractivity contribution in [1.29, 1.82) is 0 Å². The van der Waals surface area contributed by atoms with Crippen LogP contribution in [0.2, 0.25) is 0 Å². The van der Waals surface area contributed by atoms with Crippen LogP contribution in [0.25, 0.3) is 0 Å². The van der Waals surface area contributed by atoms with Crippen molar-refractivity contribution in [1.82, 2.24) is 0 Å². The molecule has 7 heteroatoms. The number of halogens is 1. The predicted molar refractivity (Wildman–Crippen MR) is 147 cm³/mol. The largest absolute Gasteiger partial charge is 0.488 e. The molecule has 0 heterocycles. The summed E-state index contributed by atoms with van der Waals surface area (Å²) in [6, 6.07) is 16.2. The van der Waals surface area contributed by atoms with Gasteiger partial charge in [-0.2, -0.15) is 0 Å². The Kier molecular flexibility index (Phi) is 9.88. The first-order valence-electron chi connectivity index (χ1n) is 12.9. The van der Waals surface area contributed by atoms with Gasteiger partial charge in [0.2, 0.25) is 0 Å². The molecule has 38 heavy (non-hydrogen) atoms. The number of carboxylic acid groups (broad SMARTS) is 1. The van der Waals surface area contributed by atoms with Gasteiger partial charge >= 0.3 is 5.97 Å². The SMILES string of the molecule is Cc1c(O[C@@H](C)c2ccc(CC(C)C)cc2)ccc(C(=O)Nc2cccc(F)c2OCCCC(=O)O)c1C. The van der Waals surface area contributed by atoms with Gasteiger partial charge in [-0.25, -0.2) is 4.39 Å². The zero-order valence-corrected chi connectivity index (χ0v) is 22.6. The van der Waals surface area contributed by atoms with Crippen LogP contribution in [0.1, 0.15) is 72.3 Å². The number of carbonyl (C=O) groups is 2. The van der Waals surface area contributed by atoms with Crippen molar-refractivity contribution in [2.45, 2.75) is 60.0 Å². The molecule has 3 rings (SSSR count). The Morgan fingerprint density at radius 1 is 0.974 bits per heavy atom. The molecular formula is C31H36FNO5. The highest BCUT2D eigenvalue weighted by Gasteiger charge is 2.19. The zero-order valence-electron chi connectivity index (χ0n) is 22.6. The monoisotopic (exact) mass is 521 g/mol. The lowest BCUT2D eigenvalue weighted by Gasteiger charge is -2.20. The first-order chi connectivity index (χ1) is 18.1. The summed E-state index contributed by atoms with van der Waals surface area (Å²) < 4.78 is 26.1. The molecule has 0 aromatic heterocycles. The molecule has 0 saturated heterocycles. The number of aliphatic carboxylic acids is 1. The van der Waals surface area contributed by atoms with Crippen LogP contribution in [-0.2, 0) is 11.2 Å². The van der Waals surface area contributed by atoms with E-state index in [2.05, 4.69) is 43.4 Å². The van der Waals surface area contributed by atoms with Crippen LogP contribution in [0, 0.1) is 25.6 Å². The summed E-state index contributed by atoms with van der Waals surface area (Å²) in [5.74, 6) is -0.838. The van der Waals surface area contributed by atoms with E-state index in [1.54, 1.807) is 18.2 Å². The van der Waals surface area contributed by atoms with Gasteiger partial charge in [-0.15, -0.1) is 0 Å². The molecule has 0 fully saturated rings. The van der Waals surface area contributed by atoms with E-state index in [-0.39, 0.29) is 37.0 Å². The van der Waals surface area contributed by atoms with E-state index in [9.17, 15) is 14.0 Å². The average Bonchev–Trinajstić information content (AvgIpc) is 2.86. The Labute approximate surface area is 223 Å². The Morgan fingerprint density at radius 3 is 2.34 bits per heavy atom. The van der Waals surface area contributed by atoms with Gasteiger partial charge in [0.1, 0.15) is 11.9 Å². The summed E-state index contributed by atoms with van der Waals surface area (Å²) in [5, 5.41) is 11.5. The topological polar surface area (TPSA) is 84.9 Å². The lowest BCUT2D eigenvalue weighted by atomic mass is 10.00. The highest BCUT2D eigenvalue weighted by molar-refractivity contribution is 6.06. The molecule has 0 radical (unpaired) electrons. The summed E-state index contributed by atoms with van der Waals surface area (Å²) in [4.78, 5) is 23.8. The number of para-hydroxylation sites is 1. The van der Waals surface area contributed by atoms with Crippen molar-refractivity contribution in [3.8, 4) is 11.5 Å². The number of hydrogen-bond donors (Lipinski definition) is 2. The number of amides is 1. The number of hydrogen-bond acceptors (Lipinski definition) is 4. The summed E-state index contributed by atoms with van der Waals surface area (Å²) in [6.07, 6.45) is 0.988. The first kappa shape index (κ1) is 28.7. The maximum atomic E-state index is 14.4. The molecule has 3 aromatic carbocycles. The van der Waals surface area contributed by atoms with E-state index in [0.717, 1.165) is 23.1 Å². The number of ether oxygens (including phenoxy) is 2. The molecule has 0 spiro atoms. The molecule has 0 unspecified atom stereocenters. The second-order valence-electron chi connectivity index (χ2n) is 9.88. The van der Waals surface area contributed by atoms with Gasteiger partial charge in [-0.3, -0.25) is 9.59 Å². The van der Waals surface area contributed by atoms with Crippen molar-refractivity contribution < 1.29 is 28.6 Å². The number of carboxylic acids is 1. The number of benzene rings is 3. The van der Waals surface area contributed by atoms with Gasteiger partial charge in [0, 0.05) is 12.0 Å². The quantitative estimate of drug-likeness (QED) is 0.245.